The molecule has 0 aliphatic heterocycles. The standard InChI is InChI=1S/C7H14ClNO/c1-5(10)7(9-8)4-6-2-3-6/h5-7,9-10H,2-4H2,1H3/t5?,7-/m0/s1. The lowest BCUT2D eigenvalue weighted by molar-refractivity contribution is 0.149. The van der Waals surface area contributed by atoms with Crippen molar-refractivity contribution in [3.8, 4) is 0 Å². The number of aliphatic hydroxyl groups excluding tert-OH is 1. The Hall–Kier alpha value is 0.210. The third-order valence-corrected chi connectivity index (χ3v) is 2.29. The average Bonchev–Trinajstić information content (AvgIpc) is 2.64. The van der Waals surface area contributed by atoms with E-state index < -0.39 is 0 Å². The normalized spacial score (nSPS) is 24.3. The number of hydrogen-bond donors (Lipinski definition) is 2. The van der Waals surface area contributed by atoms with E-state index in [1.54, 1.807) is 6.92 Å². The van der Waals surface area contributed by atoms with Gasteiger partial charge in [-0.2, -0.15) is 0 Å². The topological polar surface area (TPSA) is 32.3 Å². The number of nitrogens with one attached hydrogen (secondary N) is 1. The minimum Gasteiger partial charge on any atom is -0.392 e. The fourth-order valence-corrected chi connectivity index (χ4v) is 1.32. The van der Waals surface area contributed by atoms with Crippen LogP contribution in [0.3, 0.4) is 0 Å². The zero-order valence-corrected chi connectivity index (χ0v) is 6.93. The third-order valence-electron chi connectivity index (χ3n) is 2.01. The monoisotopic (exact) mass is 163 g/mol. The molecule has 1 fully saturated rings. The molecule has 3 heteroatoms. The van der Waals surface area contributed by atoms with Gasteiger partial charge in [-0.3, -0.25) is 0 Å². The summed E-state index contributed by atoms with van der Waals surface area (Å²) in [5.74, 6) is 0.811. The van der Waals surface area contributed by atoms with Gasteiger partial charge in [0.25, 0.3) is 0 Å². The van der Waals surface area contributed by atoms with Crippen LogP contribution >= 0.6 is 11.8 Å². The SMILES string of the molecule is CC(O)[C@H](CC1CC1)NCl. The molecule has 1 saturated carbocycles. The maximum atomic E-state index is 9.14. The van der Waals surface area contributed by atoms with Crippen molar-refractivity contribution in [2.45, 2.75) is 38.3 Å². The molecule has 2 N–H and O–H groups in total. The van der Waals surface area contributed by atoms with Gasteiger partial charge in [-0.15, -0.1) is 0 Å². The van der Waals surface area contributed by atoms with E-state index in [-0.39, 0.29) is 12.1 Å². The van der Waals surface area contributed by atoms with Crippen molar-refractivity contribution in [1.82, 2.24) is 4.84 Å². The van der Waals surface area contributed by atoms with Crippen LogP contribution in [0.25, 0.3) is 0 Å². The maximum Gasteiger partial charge on any atom is 0.0677 e. The lowest BCUT2D eigenvalue weighted by Crippen LogP contribution is -2.33. The highest BCUT2D eigenvalue weighted by Gasteiger charge is 2.27. The van der Waals surface area contributed by atoms with Crippen LogP contribution in [0.1, 0.15) is 26.2 Å². The smallest absolute Gasteiger partial charge is 0.0677 e. The van der Waals surface area contributed by atoms with Crippen LogP contribution in [0.5, 0.6) is 0 Å². The summed E-state index contributed by atoms with van der Waals surface area (Å²) in [6.07, 6.45) is 3.29. The van der Waals surface area contributed by atoms with Crippen molar-refractivity contribution in [2.75, 3.05) is 0 Å². The molecule has 0 bridgehead atoms. The predicted molar refractivity (Wildman–Crippen MR) is 41.8 cm³/mol. The maximum absolute atomic E-state index is 9.14. The van der Waals surface area contributed by atoms with E-state index in [1.165, 1.54) is 12.8 Å². The number of rotatable bonds is 4. The summed E-state index contributed by atoms with van der Waals surface area (Å²) in [6.45, 7) is 1.77. The summed E-state index contributed by atoms with van der Waals surface area (Å²) >= 11 is 5.42. The molecule has 0 aromatic heterocycles. The first-order valence-corrected chi connectivity index (χ1v) is 4.16. The van der Waals surface area contributed by atoms with Gasteiger partial charge in [0.2, 0.25) is 0 Å². The summed E-state index contributed by atoms with van der Waals surface area (Å²) in [6, 6.07) is 0.0779. The fraction of sp³-hybridized carbons (Fsp3) is 1.00. The molecule has 0 amide bonds. The van der Waals surface area contributed by atoms with E-state index in [0.29, 0.717) is 0 Å². The Morgan fingerprint density at radius 2 is 2.30 bits per heavy atom. The van der Waals surface area contributed by atoms with Gasteiger partial charge in [-0.1, -0.05) is 12.8 Å². The molecule has 1 aliphatic rings. The lowest BCUT2D eigenvalue weighted by Gasteiger charge is -2.16. The van der Waals surface area contributed by atoms with E-state index in [9.17, 15) is 0 Å². The van der Waals surface area contributed by atoms with Crippen molar-refractivity contribution in [3.63, 3.8) is 0 Å². The molecular weight excluding hydrogens is 150 g/mol. The van der Waals surface area contributed by atoms with E-state index in [4.69, 9.17) is 16.9 Å². The first-order chi connectivity index (χ1) is 4.74. The minimum atomic E-state index is -0.335. The van der Waals surface area contributed by atoms with Gasteiger partial charge in [0.15, 0.2) is 0 Å². The molecular formula is C7H14ClNO. The van der Waals surface area contributed by atoms with Crippen molar-refractivity contribution < 1.29 is 5.11 Å². The Labute approximate surface area is 66.7 Å². The Morgan fingerprint density at radius 1 is 1.70 bits per heavy atom. The summed E-state index contributed by atoms with van der Waals surface area (Å²) < 4.78 is 0. The summed E-state index contributed by atoms with van der Waals surface area (Å²) in [4.78, 5) is 2.60. The Morgan fingerprint density at radius 3 is 2.60 bits per heavy atom. The van der Waals surface area contributed by atoms with E-state index in [2.05, 4.69) is 4.84 Å². The molecule has 0 spiro atoms. The molecule has 2 nitrogen and oxygen atoms in total. The van der Waals surface area contributed by atoms with Crippen molar-refractivity contribution in [3.05, 3.63) is 0 Å². The largest absolute Gasteiger partial charge is 0.392 e. The van der Waals surface area contributed by atoms with Crippen molar-refractivity contribution in [1.29, 1.82) is 0 Å². The van der Waals surface area contributed by atoms with Crippen LogP contribution in [0.15, 0.2) is 0 Å². The van der Waals surface area contributed by atoms with Gasteiger partial charge >= 0.3 is 0 Å². The summed E-state index contributed by atoms with van der Waals surface area (Å²) in [5.41, 5.74) is 0. The highest BCUT2D eigenvalue weighted by atomic mass is 35.5. The zero-order valence-electron chi connectivity index (χ0n) is 6.18. The second-order valence-corrected chi connectivity index (χ2v) is 3.35. The van der Waals surface area contributed by atoms with Crippen LogP contribution in [-0.2, 0) is 0 Å². The fourth-order valence-electron chi connectivity index (χ4n) is 1.05. The highest BCUT2D eigenvalue weighted by Crippen LogP contribution is 2.34. The van der Waals surface area contributed by atoms with Crippen LogP contribution in [-0.4, -0.2) is 17.3 Å². The van der Waals surface area contributed by atoms with Crippen LogP contribution in [0.4, 0.5) is 0 Å². The molecule has 2 atom stereocenters. The third kappa shape index (κ3) is 2.45. The average molecular weight is 164 g/mol. The molecule has 1 unspecified atom stereocenters. The molecule has 0 heterocycles. The van der Waals surface area contributed by atoms with Crippen LogP contribution < -0.4 is 4.84 Å². The van der Waals surface area contributed by atoms with E-state index in [0.717, 1.165) is 12.3 Å². The van der Waals surface area contributed by atoms with Gasteiger partial charge < -0.3 is 5.11 Å². The molecule has 1 aliphatic carbocycles. The number of aliphatic hydroxyl groups is 1. The van der Waals surface area contributed by atoms with Crippen LogP contribution in [0, 0.1) is 5.92 Å². The molecule has 0 aromatic rings. The van der Waals surface area contributed by atoms with E-state index in [1.807, 2.05) is 0 Å². The molecule has 10 heavy (non-hydrogen) atoms. The van der Waals surface area contributed by atoms with Gasteiger partial charge in [-0.25, -0.2) is 4.84 Å². The van der Waals surface area contributed by atoms with Gasteiger partial charge in [0.1, 0.15) is 0 Å². The molecule has 1 rings (SSSR count). The predicted octanol–water partition coefficient (Wildman–Crippen LogP) is 1.28. The first-order valence-electron chi connectivity index (χ1n) is 3.78. The second kappa shape index (κ2) is 3.56. The Balaban J connectivity index is 2.17. The number of hydrogen-bond acceptors (Lipinski definition) is 2. The van der Waals surface area contributed by atoms with E-state index >= 15 is 0 Å². The second-order valence-electron chi connectivity index (χ2n) is 3.14. The van der Waals surface area contributed by atoms with Gasteiger partial charge in [0.05, 0.1) is 6.10 Å². The summed E-state index contributed by atoms with van der Waals surface area (Å²) in [7, 11) is 0. The molecule has 0 radical (unpaired) electrons. The van der Waals surface area contributed by atoms with Crippen LogP contribution in [0.2, 0.25) is 0 Å². The molecule has 0 aromatic carbocycles. The number of halogens is 1. The Bertz CT molecular complexity index is 104. The van der Waals surface area contributed by atoms with Crippen molar-refractivity contribution in [2.24, 2.45) is 5.92 Å². The Kier molecular flexibility index (Phi) is 2.96. The molecule has 0 saturated heterocycles. The zero-order chi connectivity index (χ0) is 7.56. The molecule has 60 valence electrons. The minimum absolute atomic E-state index is 0.0779. The van der Waals surface area contributed by atoms with Crippen molar-refractivity contribution >= 4 is 11.8 Å². The lowest BCUT2D eigenvalue weighted by atomic mass is 10.1. The van der Waals surface area contributed by atoms with Gasteiger partial charge in [-0.05, 0) is 31.0 Å². The highest BCUT2D eigenvalue weighted by molar-refractivity contribution is 6.13. The first kappa shape index (κ1) is 8.31. The quantitative estimate of drug-likeness (QED) is 0.612. The summed E-state index contributed by atoms with van der Waals surface area (Å²) in [5, 5.41) is 9.14. The van der Waals surface area contributed by atoms with Gasteiger partial charge in [0, 0.05) is 6.04 Å².